The summed E-state index contributed by atoms with van der Waals surface area (Å²) in [5.41, 5.74) is 6.26. The summed E-state index contributed by atoms with van der Waals surface area (Å²) in [6.07, 6.45) is 0.240. The largest absolute Gasteiger partial charge is 0.471 e. The number of hydrogen-bond acceptors (Lipinski definition) is 4. The van der Waals surface area contributed by atoms with Crippen LogP contribution in [-0.2, 0) is 11.4 Å². The molecule has 0 aliphatic heterocycles. The molecule has 2 rings (SSSR count). The Morgan fingerprint density at radius 2 is 2.00 bits per heavy atom. The normalized spacial score (nSPS) is 10.3. The first-order valence-electron chi connectivity index (χ1n) is 6.62. The van der Waals surface area contributed by atoms with Gasteiger partial charge in [-0.15, -0.1) is 0 Å². The van der Waals surface area contributed by atoms with Crippen molar-refractivity contribution in [1.29, 1.82) is 0 Å². The second kappa shape index (κ2) is 6.84. The van der Waals surface area contributed by atoms with Gasteiger partial charge >= 0.3 is 0 Å². The van der Waals surface area contributed by atoms with E-state index in [4.69, 9.17) is 10.5 Å². The van der Waals surface area contributed by atoms with Crippen LogP contribution in [0.1, 0.15) is 18.9 Å². The maximum Gasteiger partial charge on any atom is 0.252 e. The Kier molecular flexibility index (Phi) is 4.88. The predicted octanol–water partition coefficient (Wildman–Crippen LogP) is 2.87. The Labute approximate surface area is 126 Å². The Morgan fingerprint density at radius 1 is 1.32 bits per heavy atom. The monoisotopic (exact) mass is 307 g/mol. The highest BCUT2D eigenvalue weighted by Crippen LogP contribution is 2.24. The molecule has 1 heterocycles. The van der Waals surface area contributed by atoms with Crippen molar-refractivity contribution >= 4 is 17.4 Å². The van der Waals surface area contributed by atoms with Crippen LogP contribution in [0.3, 0.4) is 0 Å². The van der Waals surface area contributed by atoms with Gasteiger partial charge in [0.1, 0.15) is 12.4 Å². The van der Waals surface area contributed by atoms with E-state index < -0.39 is 5.82 Å². The van der Waals surface area contributed by atoms with Gasteiger partial charge in [0.2, 0.25) is 5.91 Å². The third-order valence-electron chi connectivity index (χ3n) is 2.84. The number of nitrogen functional groups attached to an aromatic ring is 1. The third kappa shape index (κ3) is 3.91. The van der Waals surface area contributed by atoms with E-state index in [2.05, 4.69) is 10.3 Å². The molecule has 1 aromatic heterocycles. The van der Waals surface area contributed by atoms with Crippen LogP contribution in [0.15, 0.2) is 30.3 Å². The molecule has 0 fully saturated rings. The molecule has 1 aromatic carbocycles. The summed E-state index contributed by atoms with van der Waals surface area (Å²) in [6.45, 7) is 1.68. The maximum absolute atomic E-state index is 13.8. The van der Waals surface area contributed by atoms with Crippen LogP contribution in [0.4, 0.5) is 20.3 Å². The number of ether oxygens (including phenoxy) is 1. The summed E-state index contributed by atoms with van der Waals surface area (Å²) < 4.78 is 31.8. The zero-order chi connectivity index (χ0) is 16.1. The van der Waals surface area contributed by atoms with Crippen LogP contribution in [0.25, 0.3) is 0 Å². The molecule has 0 radical (unpaired) electrons. The number of nitrogens with one attached hydrogen (secondary N) is 1. The molecule has 0 atom stereocenters. The Morgan fingerprint density at radius 3 is 2.64 bits per heavy atom. The van der Waals surface area contributed by atoms with Gasteiger partial charge in [0, 0.05) is 12.5 Å². The van der Waals surface area contributed by atoms with Crippen molar-refractivity contribution in [3.05, 3.63) is 47.5 Å². The second-order valence-electron chi connectivity index (χ2n) is 4.53. The fourth-order valence-corrected chi connectivity index (χ4v) is 1.64. The summed E-state index contributed by atoms with van der Waals surface area (Å²) in [5, 5.41) is 2.46. The molecule has 0 saturated heterocycles. The van der Waals surface area contributed by atoms with Gasteiger partial charge < -0.3 is 15.8 Å². The lowest BCUT2D eigenvalue weighted by Gasteiger charge is -2.11. The molecule has 0 aliphatic carbocycles. The number of anilines is 2. The fraction of sp³-hybridized carbons (Fsp3) is 0.200. The molecule has 0 unspecified atom stereocenters. The Hall–Kier alpha value is -2.70. The van der Waals surface area contributed by atoms with Crippen LogP contribution in [0, 0.1) is 11.6 Å². The second-order valence-corrected chi connectivity index (χ2v) is 4.53. The van der Waals surface area contributed by atoms with E-state index in [0.29, 0.717) is 5.56 Å². The van der Waals surface area contributed by atoms with Crippen molar-refractivity contribution in [3.8, 4) is 5.88 Å². The summed E-state index contributed by atoms with van der Waals surface area (Å²) in [7, 11) is 0. The molecular formula is C15H15F2N3O2. The van der Waals surface area contributed by atoms with Gasteiger partial charge in [0.25, 0.3) is 5.88 Å². The van der Waals surface area contributed by atoms with E-state index in [1.54, 1.807) is 6.92 Å². The van der Waals surface area contributed by atoms with E-state index in [0.717, 1.165) is 6.07 Å². The van der Waals surface area contributed by atoms with Crippen LogP contribution >= 0.6 is 0 Å². The molecule has 116 valence electrons. The summed E-state index contributed by atoms with van der Waals surface area (Å²) in [6, 6.07) is 6.61. The van der Waals surface area contributed by atoms with Gasteiger partial charge in [-0.25, -0.2) is 8.78 Å². The third-order valence-corrected chi connectivity index (χ3v) is 2.84. The van der Waals surface area contributed by atoms with Gasteiger partial charge in [-0.2, -0.15) is 4.98 Å². The quantitative estimate of drug-likeness (QED) is 0.890. The van der Waals surface area contributed by atoms with Gasteiger partial charge in [-0.05, 0) is 17.7 Å². The fourth-order valence-electron chi connectivity index (χ4n) is 1.64. The van der Waals surface area contributed by atoms with Crippen LogP contribution in [-0.4, -0.2) is 10.9 Å². The first-order valence-corrected chi connectivity index (χ1v) is 6.62. The zero-order valence-electron chi connectivity index (χ0n) is 11.9. The number of carbonyl (C=O) groups excluding carboxylic acids is 1. The number of nitrogens with zero attached hydrogens (tertiary/aromatic N) is 1. The number of amides is 1. The molecule has 0 bridgehead atoms. The van der Waals surface area contributed by atoms with E-state index in [-0.39, 0.29) is 42.1 Å². The first kappa shape index (κ1) is 15.7. The first-order chi connectivity index (χ1) is 10.5. The minimum Gasteiger partial charge on any atom is -0.471 e. The standard InChI is InChI=1S/C15H15F2N3O2/c1-2-13(21)19-14-12(18)7-11(17)15(20-14)22-8-9-3-5-10(16)6-4-9/h3-7H,2,8,18H2,1H3,(H,19,20,21). The van der Waals surface area contributed by atoms with E-state index in [1.807, 2.05) is 0 Å². The van der Waals surface area contributed by atoms with Gasteiger partial charge in [0.05, 0.1) is 5.69 Å². The number of rotatable bonds is 5. The molecule has 1 amide bonds. The molecule has 0 saturated carbocycles. The molecule has 5 nitrogen and oxygen atoms in total. The van der Waals surface area contributed by atoms with Crippen molar-refractivity contribution in [2.75, 3.05) is 11.1 Å². The number of aromatic nitrogens is 1. The van der Waals surface area contributed by atoms with E-state index >= 15 is 0 Å². The van der Waals surface area contributed by atoms with Crippen molar-refractivity contribution < 1.29 is 18.3 Å². The Balaban J connectivity index is 2.14. The highest BCUT2D eigenvalue weighted by molar-refractivity contribution is 5.92. The van der Waals surface area contributed by atoms with Crippen LogP contribution in [0.2, 0.25) is 0 Å². The van der Waals surface area contributed by atoms with Gasteiger partial charge in [-0.3, -0.25) is 4.79 Å². The average Bonchev–Trinajstić information content (AvgIpc) is 2.50. The van der Waals surface area contributed by atoms with Gasteiger partial charge in [-0.1, -0.05) is 19.1 Å². The lowest BCUT2D eigenvalue weighted by molar-refractivity contribution is -0.115. The minimum absolute atomic E-state index is 0.00781. The number of hydrogen-bond donors (Lipinski definition) is 2. The number of pyridine rings is 1. The van der Waals surface area contributed by atoms with Crippen molar-refractivity contribution in [1.82, 2.24) is 4.98 Å². The topological polar surface area (TPSA) is 77.2 Å². The lowest BCUT2D eigenvalue weighted by atomic mass is 10.2. The van der Waals surface area contributed by atoms with Crippen LogP contribution < -0.4 is 15.8 Å². The molecule has 22 heavy (non-hydrogen) atoms. The van der Waals surface area contributed by atoms with Gasteiger partial charge in [0.15, 0.2) is 11.6 Å². The summed E-state index contributed by atoms with van der Waals surface area (Å²) in [4.78, 5) is 15.2. The number of nitrogens with two attached hydrogens (primary N) is 1. The van der Waals surface area contributed by atoms with Crippen LogP contribution in [0.5, 0.6) is 5.88 Å². The summed E-state index contributed by atoms with van der Waals surface area (Å²) in [5.74, 6) is -1.65. The maximum atomic E-state index is 13.8. The number of benzene rings is 1. The SMILES string of the molecule is CCC(=O)Nc1nc(OCc2ccc(F)cc2)c(F)cc1N. The highest BCUT2D eigenvalue weighted by Gasteiger charge is 2.13. The molecule has 0 aliphatic rings. The molecule has 3 N–H and O–H groups in total. The number of carbonyl (C=O) groups is 1. The van der Waals surface area contributed by atoms with E-state index in [1.165, 1.54) is 24.3 Å². The van der Waals surface area contributed by atoms with Crippen molar-refractivity contribution in [3.63, 3.8) is 0 Å². The molecular weight excluding hydrogens is 292 g/mol. The molecule has 2 aromatic rings. The van der Waals surface area contributed by atoms with Crippen molar-refractivity contribution in [2.45, 2.75) is 20.0 Å². The average molecular weight is 307 g/mol. The van der Waals surface area contributed by atoms with Crippen molar-refractivity contribution in [2.24, 2.45) is 0 Å². The molecule has 7 heteroatoms. The summed E-state index contributed by atoms with van der Waals surface area (Å²) >= 11 is 0. The lowest BCUT2D eigenvalue weighted by Crippen LogP contribution is -2.13. The smallest absolute Gasteiger partial charge is 0.252 e. The zero-order valence-corrected chi connectivity index (χ0v) is 11.9. The number of halogens is 2. The molecule has 0 spiro atoms. The Bertz CT molecular complexity index is 675. The van der Waals surface area contributed by atoms with E-state index in [9.17, 15) is 13.6 Å². The highest BCUT2D eigenvalue weighted by atomic mass is 19.1. The predicted molar refractivity (Wildman–Crippen MR) is 78.3 cm³/mol. The minimum atomic E-state index is -0.742.